The molecule has 0 aliphatic heterocycles. The predicted molar refractivity (Wildman–Crippen MR) is 77.0 cm³/mol. The number of anilines is 1. The number of hydrogen-bond donors (Lipinski definition) is 1. The molecule has 0 atom stereocenters. The second kappa shape index (κ2) is 4.72. The van der Waals surface area contributed by atoms with Crippen molar-refractivity contribution in [2.24, 2.45) is 7.05 Å². The van der Waals surface area contributed by atoms with Crippen LogP contribution in [0.3, 0.4) is 0 Å². The van der Waals surface area contributed by atoms with Crippen molar-refractivity contribution >= 4 is 16.6 Å². The number of rotatable bonds is 3. The first-order valence-electron chi connectivity index (χ1n) is 6.30. The molecule has 0 bridgehead atoms. The maximum Gasteiger partial charge on any atom is 0.0936 e. The minimum Gasteiger partial charge on any atom is -0.379 e. The summed E-state index contributed by atoms with van der Waals surface area (Å²) in [5.41, 5.74) is 4.27. The monoisotopic (exact) mass is 252 g/mol. The van der Waals surface area contributed by atoms with Gasteiger partial charge in [-0.15, -0.1) is 0 Å². The van der Waals surface area contributed by atoms with Gasteiger partial charge < -0.3 is 5.32 Å². The topological polar surface area (TPSA) is 42.7 Å². The number of pyridine rings is 1. The molecule has 0 aliphatic carbocycles. The summed E-state index contributed by atoms with van der Waals surface area (Å²) < 4.78 is 1.81. The predicted octanol–water partition coefficient (Wildman–Crippen LogP) is 2.89. The van der Waals surface area contributed by atoms with Crippen LogP contribution in [0.5, 0.6) is 0 Å². The molecule has 0 saturated heterocycles. The molecule has 0 spiro atoms. The molecule has 3 aromatic rings. The van der Waals surface area contributed by atoms with Crippen LogP contribution in [-0.2, 0) is 13.6 Å². The van der Waals surface area contributed by atoms with E-state index in [-0.39, 0.29) is 0 Å². The Labute approximate surface area is 112 Å². The Morgan fingerprint density at radius 1 is 1.21 bits per heavy atom. The molecule has 1 N–H and O–H groups in total. The zero-order valence-corrected chi connectivity index (χ0v) is 11.1. The number of nitrogens with zero attached hydrogens (tertiary/aromatic N) is 3. The molecule has 2 heterocycles. The van der Waals surface area contributed by atoms with Gasteiger partial charge in [0, 0.05) is 36.4 Å². The van der Waals surface area contributed by atoms with Gasteiger partial charge in [-0.2, -0.15) is 5.10 Å². The maximum atomic E-state index is 4.61. The largest absolute Gasteiger partial charge is 0.379 e. The first-order valence-corrected chi connectivity index (χ1v) is 6.30. The second-order valence-corrected chi connectivity index (χ2v) is 4.71. The third kappa shape index (κ3) is 2.42. The van der Waals surface area contributed by atoms with Gasteiger partial charge in [0.25, 0.3) is 0 Å². The van der Waals surface area contributed by atoms with Crippen molar-refractivity contribution in [3.05, 3.63) is 54.0 Å². The van der Waals surface area contributed by atoms with Crippen molar-refractivity contribution in [2.75, 3.05) is 5.32 Å². The highest BCUT2D eigenvalue weighted by atomic mass is 15.2. The van der Waals surface area contributed by atoms with E-state index in [1.807, 2.05) is 43.2 Å². The molecule has 0 radical (unpaired) electrons. The van der Waals surface area contributed by atoms with Crippen LogP contribution in [-0.4, -0.2) is 14.8 Å². The highest BCUT2D eigenvalue weighted by Crippen LogP contribution is 2.22. The molecular formula is C15H16N4. The van der Waals surface area contributed by atoms with Crippen LogP contribution in [0.2, 0.25) is 0 Å². The summed E-state index contributed by atoms with van der Waals surface area (Å²) in [6.07, 6.45) is 3.88. The summed E-state index contributed by atoms with van der Waals surface area (Å²) in [4.78, 5) is 4.61. The number of para-hydroxylation sites is 1. The standard InChI is InChI=1S/C15H16N4/c1-11-6-7-13-4-3-5-14(15(13)18-11)16-8-12-9-17-19(2)10-12/h3-7,9-10,16H,8H2,1-2H3. The van der Waals surface area contributed by atoms with Gasteiger partial charge in [0.15, 0.2) is 0 Å². The van der Waals surface area contributed by atoms with E-state index in [0.717, 1.165) is 34.4 Å². The molecule has 1 aromatic carbocycles. The molecular weight excluding hydrogens is 236 g/mol. The molecule has 0 saturated carbocycles. The molecule has 0 fully saturated rings. The third-order valence-corrected chi connectivity index (χ3v) is 3.10. The lowest BCUT2D eigenvalue weighted by Gasteiger charge is -2.08. The van der Waals surface area contributed by atoms with Gasteiger partial charge >= 0.3 is 0 Å². The number of fused-ring (bicyclic) bond motifs is 1. The minimum absolute atomic E-state index is 0.753. The van der Waals surface area contributed by atoms with Crippen molar-refractivity contribution in [1.29, 1.82) is 0 Å². The van der Waals surface area contributed by atoms with E-state index in [9.17, 15) is 0 Å². The van der Waals surface area contributed by atoms with E-state index >= 15 is 0 Å². The van der Waals surface area contributed by atoms with Crippen LogP contribution in [0.25, 0.3) is 10.9 Å². The Morgan fingerprint density at radius 2 is 2.11 bits per heavy atom. The quantitative estimate of drug-likeness (QED) is 0.779. The van der Waals surface area contributed by atoms with E-state index in [1.165, 1.54) is 0 Å². The zero-order chi connectivity index (χ0) is 13.2. The summed E-state index contributed by atoms with van der Waals surface area (Å²) in [6.45, 7) is 2.76. The number of hydrogen-bond acceptors (Lipinski definition) is 3. The average molecular weight is 252 g/mol. The Kier molecular flexibility index (Phi) is 2.91. The third-order valence-electron chi connectivity index (χ3n) is 3.10. The number of nitrogens with one attached hydrogen (secondary N) is 1. The molecule has 2 aromatic heterocycles. The molecule has 0 amide bonds. The summed E-state index contributed by atoms with van der Waals surface area (Å²) in [7, 11) is 1.92. The van der Waals surface area contributed by atoms with Crippen molar-refractivity contribution in [3.63, 3.8) is 0 Å². The number of aryl methyl sites for hydroxylation is 2. The van der Waals surface area contributed by atoms with Crippen LogP contribution in [0.15, 0.2) is 42.7 Å². The van der Waals surface area contributed by atoms with Gasteiger partial charge in [-0.05, 0) is 19.1 Å². The van der Waals surface area contributed by atoms with Crippen LogP contribution >= 0.6 is 0 Å². The SMILES string of the molecule is Cc1ccc2cccc(NCc3cnn(C)c3)c2n1. The molecule has 4 nitrogen and oxygen atoms in total. The maximum absolute atomic E-state index is 4.61. The molecule has 96 valence electrons. The summed E-state index contributed by atoms with van der Waals surface area (Å²) in [5.74, 6) is 0. The highest BCUT2D eigenvalue weighted by molar-refractivity contribution is 5.90. The van der Waals surface area contributed by atoms with Crippen LogP contribution < -0.4 is 5.32 Å². The molecule has 0 aliphatic rings. The Morgan fingerprint density at radius 3 is 2.89 bits per heavy atom. The first kappa shape index (κ1) is 11.7. The number of aromatic nitrogens is 3. The Bertz CT molecular complexity index is 715. The lowest BCUT2D eigenvalue weighted by Crippen LogP contribution is -2.00. The van der Waals surface area contributed by atoms with Gasteiger partial charge in [0.2, 0.25) is 0 Å². The second-order valence-electron chi connectivity index (χ2n) is 4.71. The Balaban J connectivity index is 1.90. The fourth-order valence-corrected chi connectivity index (χ4v) is 2.15. The van der Waals surface area contributed by atoms with Crippen molar-refractivity contribution in [3.8, 4) is 0 Å². The molecule has 3 rings (SSSR count). The van der Waals surface area contributed by atoms with Crippen molar-refractivity contribution in [1.82, 2.24) is 14.8 Å². The van der Waals surface area contributed by atoms with Crippen LogP contribution in [0.4, 0.5) is 5.69 Å². The summed E-state index contributed by atoms with van der Waals surface area (Å²) >= 11 is 0. The van der Waals surface area contributed by atoms with E-state index in [2.05, 4.69) is 33.6 Å². The van der Waals surface area contributed by atoms with Crippen molar-refractivity contribution in [2.45, 2.75) is 13.5 Å². The van der Waals surface area contributed by atoms with E-state index in [0.29, 0.717) is 0 Å². The van der Waals surface area contributed by atoms with Crippen LogP contribution in [0.1, 0.15) is 11.3 Å². The lowest BCUT2D eigenvalue weighted by molar-refractivity contribution is 0.767. The summed E-state index contributed by atoms with van der Waals surface area (Å²) in [5, 5.41) is 8.75. The molecule has 19 heavy (non-hydrogen) atoms. The smallest absolute Gasteiger partial charge is 0.0936 e. The highest BCUT2D eigenvalue weighted by Gasteiger charge is 2.03. The van der Waals surface area contributed by atoms with E-state index < -0.39 is 0 Å². The molecule has 0 unspecified atom stereocenters. The first-order chi connectivity index (χ1) is 9.22. The lowest BCUT2D eigenvalue weighted by atomic mass is 10.1. The normalized spacial score (nSPS) is 10.8. The van der Waals surface area contributed by atoms with Gasteiger partial charge in [-0.25, -0.2) is 0 Å². The fourth-order valence-electron chi connectivity index (χ4n) is 2.15. The van der Waals surface area contributed by atoms with Gasteiger partial charge in [0.05, 0.1) is 17.4 Å². The van der Waals surface area contributed by atoms with E-state index in [4.69, 9.17) is 0 Å². The van der Waals surface area contributed by atoms with Crippen molar-refractivity contribution < 1.29 is 0 Å². The Hall–Kier alpha value is -2.36. The molecule has 4 heteroatoms. The summed E-state index contributed by atoms with van der Waals surface area (Å²) in [6, 6.07) is 10.3. The van der Waals surface area contributed by atoms with Gasteiger partial charge in [-0.1, -0.05) is 18.2 Å². The van der Waals surface area contributed by atoms with Crippen LogP contribution in [0, 0.1) is 6.92 Å². The zero-order valence-electron chi connectivity index (χ0n) is 11.1. The minimum atomic E-state index is 0.753. The number of benzene rings is 1. The van der Waals surface area contributed by atoms with Gasteiger partial charge in [-0.3, -0.25) is 9.67 Å². The van der Waals surface area contributed by atoms with E-state index in [1.54, 1.807) is 0 Å². The average Bonchev–Trinajstić information content (AvgIpc) is 2.82. The van der Waals surface area contributed by atoms with Gasteiger partial charge in [0.1, 0.15) is 0 Å². The fraction of sp³-hybridized carbons (Fsp3) is 0.200.